The highest BCUT2D eigenvalue weighted by molar-refractivity contribution is 7.92. The van der Waals surface area contributed by atoms with Gasteiger partial charge in [0.25, 0.3) is 0 Å². The van der Waals surface area contributed by atoms with Crippen LogP contribution in [0, 0.1) is 6.92 Å². The molecule has 0 heterocycles. The first kappa shape index (κ1) is 21.1. The second-order valence-corrected chi connectivity index (χ2v) is 8.50. The fraction of sp³-hybridized carbons (Fsp3) is 0.316. The van der Waals surface area contributed by atoms with Gasteiger partial charge in [-0.05, 0) is 49.2 Å². The molecular formula is C19H23ClN2O4S. The lowest BCUT2D eigenvalue weighted by atomic mass is 10.2. The van der Waals surface area contributed by atoms with Crippen molar-refractivity contribution in [1.29, 1.82) is 0 Å². The predicted octanol–water partition coefficient (Wildman–Crippen LogP) is 3.13. The molecule has 1 atom stereocenters. The predicted molar refractivity (Wildman–Crippen MR) is 108 cm³/mol. The van der Waals surface area contributed by atoms with E-state index in [4.69, 9.17) is 16.3 Å². The Morgan fingerprint density at radius 2 is 1.85 bits per heavy atom. The number of aryl methyl sites for hydroxylation is 1. The van der Waals surface area contributed by atoms with Gasteiger partial charge in [-0.15, -0.1) is 0 Å². The Hall–Kier alpha value is -2.25. The van der Waals surface area contributed by atoms with Crippen LogP contribution in [-0.4, -0.2) is 33.7 Å². The number of nitrogens with one attached hydrogen (secondary N) is 1. The Morgan fingerprint density at radius 3 is 2.37 bits per heavy atom. The largest absolute Gasteiger partial charge is 0.497 e. The van der Waals surface area contributed by atoms with Crippen LogP contribution in [0.2, 0.25) is 5.02 Å². The zero-order chi connectivity index (χ0) is 20.2. The molecule has 0 aliphatic heterocycles. The van der Waals surface area contributed by atoms with Crippen LogP contribution in [0.1, 0.15) is 18.1 Å². The lowest BCUT2D eigenvalue weighted by Gasteiger charge is -2.28. The molecule has 27 heavy (non-hydrogen) atoms. The minimum atomic E-state index is -3.69. The van der Waals surface area contributed by atoms with Crippen molar-refractivity contribution in [2.45, 2.75) is 26.4 Å². The van der Waals surface area contributed by atoms with Crippen molar-refractivity contribution < 1.29 is 17.9 Å². The maximum atomic E-state index is 12.6. The average molecular weight is 411 g/mol. The third kappa shape index (κ3) is 5.37. The molecule has 2 aromatic carbocycles. The highest BCUT2D eigenvalue weighted by atomic mass is 35.5. The Bertz CT molecular complexity index is 914. The van der Waals surface area contributed by atoms with Crippen molar-refractivity contribution in [3.63, 3.8) is 0 Å². The third-order valence-corrected chi connectivity index (χ3v) is 5.77. The van der Waals surface area contributed by atoms with E-state index in [9.17, 15) is 13.2 Å². The van der Waals surface area contributed by atoms with Crippen LogP contribution in [-0.2, 0) is 21.4 Å². The summed E-state index contributed by atoms with van der Waals surface area (Å²) < 4.78 is 30.8. The van der Waals surface area contributed by atoms with Gasteiger partial charge in [0.15, 0.2) is 0 Å². The number of carbonyl (C=O) groups is 1. The minimum absolute atomic E-state index is 0.277. The van der Waals surface area contributed by atoms with Crippen LogP contribution in [0.15, 0.2) is 42.5 Å². The van der Waals surface area contributed by atoms with Gasteiger partial charge in [-0.3, -0.25) is 9.10 Å². The molecule has 1 N–H and O–H groups in total. The van der Waals surface area contributed by atoms with Crippen molar-refractivity contribution in [3.8, 4) is 5.75 Å². The van der Waals surface area contributed by atoms with Gasteiger partial charge >= 0.3 is 0 Å². The van der Waals surface area contributed by atoms with E-state index in [1.54, 1.807) is 37.4 Å². The molecule has 0 aromatic heterocycles. The summed E-state index contributed by atoms with van der Waals surface area (Å²) >= 11 is 6.13. The molecular weight excluding hydrogens is 388 g/mol. The number of sulfonamides is 1. The lowest BCUT2D eigenvalue weighted by molar-refractivity contribution is -0.122. The van der Waals surface area contributed by atoms with E-state index in [0.29, 0.717) is 10.7 Å². The first-order valence-electron chi connectivity index (χ1n) is 8.29. The number of anilines is 1. The fourth-order valence-electron chi connectivity index (χ4n) is 2.61. The summed E-state index contributed by atoms with van der Waals surface area (Å²) in [5.41, 5.74) is 2.05. The van der Waals surface area contributed by atoms with Gasteiger partial charge in [0, 0.05) is 11.6 Å². The maximum absolute atomic E-state index is 12.6. The molecule has 0 aliphatic carbocycles. The standard InChI is InChI=1S/C19H23ClN2O4S/c1-13-5-8-16(11-18(13)20)22(27(4,24)25)14(2)19(23)21-12-15-6-9-17(26-3)10-7-15/h5-11,14H,12H2,1-4H3,(H,21,23)/t14-/m1/s1. The zero-order valence-corrected chi connectivity index (χ0v) is 17.3. The number of nitrogens with zero attached hydrogens (tertiary/aromatic N) is 1. The number of methoxy groups -OCH3 is 1. The summed E-state index contributed by atoms with van der Waals surface area (Å²) in [6.07, 6.45) is 1.06. The number of hydrogen-bond acceptors (Lipinski definition) is 4. The molecule has 8 heteroatoms. The summed E-state index contributed by atoms with van der Waals surface area (Å²) in [6.45, 7) is 3.64. The van der Waals surface area contributed by atoms with Gasteiger partial charge in [0.1, 0.15) is 11.8 Å². The van der Waals surface area contributed by atoms with Gasteiger partial charge < -0.3 is 10.1 Å². The Kier molecular flexibility index (Phi) is 6.73. The van der Waals surface area contributed by atoms with Crippen molar-refractivity contribution in [3.05, 3.63) is 58.6 Å². The average Bonchev–Trinajstić information content (AvgIpc) is 2.62. The Labute approximate surface area is 165 Å². The van der Waals surface area contributed by atoms with Crippen molar-refractivity contribution in [1.82, 2.24) is 5.32 Å². The number of ether oxygens (including phenoxy) is 1. The number of amides is 1. The molecule has 2 aromatic rings. The topological polar surface area (TPSA) is 75.7 Å². The van der Waals surface area contributed by atoms with Crippen LogP contribution >= 0.6 is 11.6 Å². The van der Waals surface area contributed by atoms with Gasteiger partial charge in [-0.25, -0.2) is 8.42 Å². The molecule has 0 fully saturated rings. The lowest BCUT2D eigenvalue weighted by Crippen LogP contribution is -2.47. The zero-order valence-electron chi connectivity index (χ0n) is 15.7. The van der Waals surface area contributed by atoms with Gasteiger partial charge in [0.05, 0.1) is 19.1 Å². The van der Waals surface area contributed by atoms with Crippen molar-refractivity contribution >= 4 is 33.2 Å². The molecule has 0 aliphatic rings. The van der Waals surface area contributed by atoms with Gasteiger partial charge in [0.2, 0.25) is 15.9 Å². The van der Waals surface area contributed by atoms with Gasteiger partial charge in [-0.1, -0.05) is 29.8 Å². The number of halogens is 1. The van der Waals surface area contributed by atoms with Crippen molar-refractivity contribution in [2.75, 3.05) is 17.7 Å². The molecule has 1 amide bonds. The minimum Gasteiger partial charge on any atom is -0.497 e. The molecule has 0 radical (unpaired) electrons. The molecule has 0 spiro atoms. The van der Waals surface area contributed by atoms with E-state index in [1.165, 1.54) is 6.92 Å². The molecule has 0 saturated heterocycles. The summed E-state index contributed by atoms with van der Waals surface area (Å²) in [5, 5.41) is 3.20. The molecule has 2 rings (SSSR count). The van der Waals surface area contributed by atoms with Crippen LogP contribution in [0.3, 0.4) is 0 Å². The van der Waals surface area contributed by atoms with E-state index < -0.39 is 22.0 Å². The molecule has 0 unspecified atom stereocenters. The highest BCUT2D eigenvalue weighted by Gasteiger charge is 2.29. The fourth-order valence-corrected chi connectivity index (χ4v) is 3.95. The summed E-state index contributed by atoms with van der Waals surface area (Å²) in [5.74, 6) is 0.311. The van der Waals surface area contributed by atoms with E-state index >= 15 is 0 Å². The number of benzene rings is 2. The quantitative estimate of drug-likeness (QED) is 0.760. The third-order valence-electron chi connectivity index (χ3n) is 4.12. The summed E-state index contributed by atoms with van der Waals surface area (Å²) in [7, 11) is -2.11. The number of hydrogen-bond donors (Lipinski definition) is 1. The second kappa shape index (κ2) is 8.63. The molecule has 0 bridgehead atoms. The highest BCUT2D eigenvalue weighted by Crippen LogP contribution is 2.26. The smallest absolute Gasteiger partial charge is 0.243 e. The molecule has 0 saturated carbocycles. The maximum Gasteiger partial charge on any atom is 0.243 e. The SMILES string of the molecule is COc1ccc(CNC(=O)[C@@H](C)N(c2ccc(C)c(Cl)c2)S(C)(=O)=O)cc1. The van der Waals surface area contributed by atoms with E-state index in [1.807, 2.05) is 19.1 Å². The monoisotopic (exact) mass is 410 g/mol. The van der Waals surface area contributed by atoms with Crippen LogP contribution in [0.5, 0.6) is 5.75 Å². The van der Waals surface area contributed by atoms with E-state index in [2.05, 4.69) is 5.32 Å². The Morgan fingerprint density at radius 1 is 1.22 bits per heavy atom. The number of rotatable bonds is 7. The summed E-state index contributed by atoms with van der Waals surface area (Å²) in [4.78, 5) is 12.6. The normalized spacial score (nSPS) is 12.3. The molecule has 6 nitrogen and oxygen atoms in total. The van der Waals surface area contributed by atoms with Crippen LogP contribution in [0.25, 0.3) is 0 Å². The van der Waals surface area contributed by atoms with Crippen molar-refractivity contribution in [2.24, 2.45) is 0 Å². The van der Waals surface area contributed by atoms with Crippen LogP contribution < -0.4 is 14.4 Å². The van der Waals surface area contributed by atoms with Gasteiger partial charge in [-0.2, -0.15) is 0 Å². The first-order valence-corrected chi connectivity index (χ1v) is 10.5. The first-order chi connectivity index (χ1) is 12.6. The Balaban J connectivity index is 2.17. The van der Waals surface area contributed by atoms with Crippen LogP contribution in [0.4, 0.5) is 5.69 Å². The number of carbonyl (C=O) groups excluding carboxylic acids is 1. The van der Waals surface area contributed by atoms with E-state index in [0.717, 1.165) is 27.4 Å². The second-order valence-electron chi connectivity index (χ2n) is 6.23. The molecule has 146 valence electrons. The van der Waals surface area contributed by atoms with E-state index in [-0.39, 0.29) is 6.54 Å². The summed E-state index contributed by atoms with van der Waals surface area (Å²) in [6, 6.07) is 11.2.